The van der Waals surface area contributed by atoms with Gasteiger partial charge < -0.3 is 14.1 Å². The van der Waals surface area contributed by atoms with Crippen LogP contribution in [0.5, 0.6) is 5.75 Å². The van der Waals surface area contributed by atoms with E-state index in [4.69, 9.17) is 9.15 Å². The maximum absolute atomic E-state index is 12.7. The van der Waals surface area contributed by atoms with Crippen molar-refractivity contribution in [1.29, 1.82) is 0 Å². The minimum atomic E-state index is -3.59. The quantitative estimate of drug-likeness (QED) is 0.595. The first-order valence-electron chi connectivity index (χ1n) is 10.6. The van der Waals surface area contributed by atoms with Gasteiger partial charge >= 0.3 is 0 Å². The van der Waals surface area contributed by atoms with Crippen molar-refractivity contribution in [1.82, 2.24) is 9.62 Å². The lowest BCUT2D eigenvalue weighted by molar-refractivity contribution is -0.127. The highest BCUT2D eigenvalue weighted by atomic mass is 32.2. The zero-order chi connectivity index (χ0) is 22.3. The second-order valence-electron chi connectivity index (χ2n) is 7.75. The molecule has 2 aromatic rings. The number of carbonyl (C=O) groups excluding carboxylic acids is 1. The van der Waals surface area contributed by atoms with Gasteiger partial charge in [0, 0.05) is 25.7 Å². The number of sulfonamides is 1. The summed E-state index contributed by atoms with van der Waals surface area (Å²) in [5.41, 5.74) is 0.797. The Labute approximate surface area is 184 Å². The predicted octanol–water partition coefficient (Wildman–Crippen LogP) is 3.61. The molecule has 1 aliphatic heterocycles. The number of hydrogen-bond acceptors (Lipinski definition) is 5. The van der Waals surface area contributed by atoms with E-state index in [0.29, 0.717) is 37.8 Å². The van der Waals surface area contributed by atoms with Crippen molar-refractivity contribution in [2.75, 3.05) is 26.2 Å². The van der Waals surface area contributed by atoms with Crippen LogP contribution in [0.1, 0.15) is 37.5 Å². The molecule has 1 fully saturated rings. The van der Waals surface area contributed by atoms with E-state index in [1.54, 1.807) is 47.6 Å². The molecule has 0 saturated carbocycles. The molecule has 1 aliphatic rings. The van der Waals surface area contributed by atoms with Crippen molar-refractivity contribution in [3.63, 3.8) is 0 Å². The number of hydrogen-bond donors (Lipinski definition) is 1. The standard InChI is InChI=1S/C23H30N2O5S/c1-3-14-30-22-8-7-21(16-18(22)2)31(27,28)24-17-19-10-12-25(13-11-19)23(26)9-6-20-5-4-15-29-20/h4-9,15-16,19,24H,3,10-14,17H2,1-2H3/b9-6+. The Morgan fingerprint density at radius 2 is 2.06 bits per heavy atom. The summed E-state index contributed by atoms with van der Waals surface area (Å²) in [7, 11) is -3.59. The molecular formula is C23H30N2O5S. The smallest absolute Gasteiger partial charge is 0.246 e. The fourth-order valence-corrected chi connectivity index (χ4v) is 4.68. The highest BCUT2D eigenvalue weighted by Crippen LogP contribution is 2.23. The Bertz CT molecular complexity index is 991. The first kappa shape index (κ1) is 23.1. The zero-order valence-corrected chi connectivity index (χ0v) is 18.9. The first-order valence-corrected chi connectivity index (χ1v) is 12.1. The number of piperidine rings is 1. The van der Waals surface area contributed by atoms with Crippen LogP contribution in [0.15, 0.2) is 52.0 Å². The highest BCUT2D eigenvalue weighted by Gasteiger charge is 2.24. The second kappa shape index (κ2) is 10.6. The Hall–Kier alpha value is -2.58. The number of ether oxygens (including phenoxy) is 1. The molecule has 0 aliphatic carbocycles. The van der Waals surface area contributed by atoms with Gasteiger partial charge in [0.15, 0.2) is 0 Å². The molecule has 0 radical (unpaired) electrons. The average molecular weight is 447 g/mol. The Morgan fingerprint density at radius 3 is 2.71 bits per heavy atom. The van der Waals surface area contributed by atoms with Crippen LogP contribution >= 0.6 is 0 Å². The maximum atomic E-state index is 12.7. The van der Waals surface area contributed by atoms with Crippen LogP contribution in [0, 0.1) is 12.8 Å². The van der Waals surface area contributed by atoms with Crippen LogP contribution in [0.4, 0.5) is 0 Å². The number of benzene rings is 1. The number of aryl methyl sites for hydroxylation is 1. The van der Waals surface area contributed by atoms with Gasteiger partial charge in [0.2, 0.25) is 15.9 Å². The van der Waals surface area contributed by atoms with Crippen LogP contribution in [0.2, 0.25) is 0 Å². The first-order chi connectivity index (χ1) is 14.9. The Morgan fingerprint density at radius 1 is 1.29 bits per heavy atom. The summed E-state index contributed by atoms with van der Waals surface area (Å²) in [5, 5.41) is 0. The molecule has 1 aromatic heterocycles. The van der Waals surface area contributed by atoms with E-state index in [1.807, 2.05) is 13.8 Å². The number of amides is 1. The lowest BCUT2D eigenvalue weighted by atomic mass is 9.97. The summed E-state index contributed by atoms with van der Waals surface area (Å²) in [4.78, 5) is 14.3. The molecule has 7 nitrogen and oxygen atoms in total. The normalized spacial score (nSPS) is 15.5. The SMILES string of the molecule is CCCOc1ccc(S(=O)(=O)NCC2CCN(C(=O)/C=C/c3ccco3)CC2)cc1C. The Kier molecular flexibility index (Phi) is 7.92. The minimum absolute atomic E-state index is 0.0590. The topological polar surface area (TPSA) is 88.9 Å². The molecular weight excluding hydrogens is 416 g/mol. The van der Waals surface area contributed by atoms with E-state index < -0.39 is 10.0 Å². The molecule has 1 N–H and O–H groups in total. The summed E-state index contributed by atoms with van der Waals surface area (Å²) in [5.74, 6) is 1.48. The van der Waals surface area contributed by atoms with Gasteiger partial charge in [0.05, 0.1) is 17.8 Å². The van der Waals surface area contributed by atoms with Gasteiger partial charge in [0.25, 0.3) is 0 Å². The van der Waals surface area contributed by atoms with Gasteiger partial charge in [-0.05, 0) is 74.1 Å². The number of rotatable bonds is 9. The van der Waals surface area contributed by atoms with Crippen molar-refractivity contribution in [3.05, 3.63) is 54.0 Å². The summed E-state index contributed by atoms with van der Waals surface area (Å²) >= 11 is 0. The number of likely N-dealkylation sites (tertiary alicyclic amines) is 1. The van der Waals surface area contributed by atoms with Crippen LogP contribution in [-0.2, 0) is 14.8 Å². The van der Waals surface area contributed by atoms with Crippen molar-refractivity contribution >= 4 is 22.0 Å². The molecule has 31 heavy (non-hydrogen) atoms. The molecule has 0 atom stereocenters. The minimum Gasteiger partial charge on any atom is -0.493 e. The maximum Gasteiger partial charge on any atom is 0.246 e. The predicted molar refractivity (Wildman–Crippen MR) is 119 cm³/mol. The van der Waals surface area contributed by atoms with Gasteiger partial charge in [-0.25, -0.2) is 13.1 Å². The summed E-state index contributed by atoms with van der Waals surface area (Å²) in [6.07, 6.45) is 7.14. The van der Waals surface area contributed by atoms with Crippen LogP contribution in [0.25, 0.3) is 6.08 Å². The van der Waals surface area contributed by atoms with Crippen molar-refractivity contribution in [2.45, 2.75) is 38.0 Å². The lowest BCUT2D eigenvalue weighted by Gasteiger charge is -2.31. The van der Waals surface area contributed by atoms with Crippen molar-refractivity contribution < 1.29 is 22.4 Å². The van der Waals surface area contributed by atoms with Gasteiger partial charge in [0.1, 0.15) is 11.5 Å². The number of furan rings is 1. The summed E-state index contributed by atoms with van der Waals surface area (Å²) in [6, 6.07) is 8.48. The zero-order valence-electron chi connectivity index (χ0n) is 18.0. The van der Waals surface area contributed by atoms with E-state index in [1.165, 1.54) is 6.08 Å². The lowest BCUT2D eigenvalue weighted by Crippen LogP contribution is -2.40. The van der Waals surface area contributed by atoms with Crippen molar-refractivity contribution in [2.24, 2.45) is 5.92 Å². The van der Waals surface area contributed by atoms with E-state index in [0.717, 1.165) is 24.8 Å². The van der Waals surface area contributed by atoms with E-state index in [-0.39, 0.29) is 16.7 Å². The third-order valence-electron chi connectivity index (χ3n) is 5.34. The van der Waals surface area contributed by atoms with Gasteiger partial charge in [-0.2, -0.15) is 0 Å². The summed E-state index contributed by atoms with van der Waals surface area (Å²) in [6.45, 7) is 6.05. The highest BCUT2D eigenvalue weighted by molar-refractivity contribution is 7.89. The third-order valence-corrected chi connectivity index (χ3v) is 6.76. The van der Waals surface area contributed by atoms with E-state index >= 15 is 0 Å². The van der Waals surface area contributed by atoms with Crippen molar-refractivity contribution in [3.8, 4) is 5.75 Å². The molecule has 0 spiro atoms. The molecule has 168 valence electrons. The number of carbonyl (C=O) groups is 1. The van der Waals surface area contributed by atoms with E-state index in [9.17, 15) is 13.2 Å². The summed E-state index contributed by atoms with van der Waals surface area (Å²) < 4.78 is 38.9. The number of nitrogens with zero attached hydrogens (tertiary/aromatic N) is 1. The van der Waals surface area contributed by atoms with Gasteiger partial charge in [-0.15, -0.1) is 0 Å². The third kappa shape index (κ3) is 6.45. The van der Waals surface area contributed by atoms with Crippen LogP contribution in [0.3, 0.4) is 0 Å². The molecule has 8 heteroatoms. The fraction of sp³-hybridized carbons (Fsp3) is 0.435. The second-order valence-corrected chi connectivity index (χ2v) is 9.51. The molecule has 1 saturated heterocycles. The monoisotopic (exact) mass is 446 g/mol. The molecule has 1 aromatic carbocycles. The molecule has 0 unspecified atom stereocenters. The number of nitrogens with one attached hydrogen (secondary N) is 1. The molecule has 3 rings (SSSR count). The van der Waals surface area contributed by atoms with Crippen LogP contribution in [-0.4, -0.2) is 45.5 Å². The van der Waals surface area contributed by atoms with Gasteiger partial charge in [-0.3, -0.25) is 4.79 Å². The van der Waals surface area contributed by atoms with Crippen LogP contribution < -0.4 is 9.46 Å². The Balaban J connectivity index is 1.48. The van der Waals surface area contributed by atoms with Gasteiger partial charge in [-0.1, -0.05) is 6.92 Å². The molecule has 2 heterocycles. The fourth-order valence-electron chi connectivity index (χ4n) is 3.48. The molecule has 0 bridgehead atoms. The average Bonchev–Trinajstić information content (AvgIpc) is 3.29. The van der Waals surface area contributed by atoms with E-state index in [2.05, 4.69) is 4.72 Å². The largest absolute Gasteiger partial charge is 0.493 e. The molecule has 1 amide bonds.